The fourth-order valence-corrected chi connectivity index (χ4v) is 3.94. The Morgan fingerprint density at radius 3 is 3.10 bits per heavy atom. The highest BCUT2D eigenvalue weighted by Crippen LogP contribution is 2.36. The molecule has 8 heteroatoms. The van der Waals surface area contributed by atoms with Crippen molar-refractivity contribution in [1.29, 1.82) is 0 Å². The molecule has 1 unspecified atom stereocenters. The van der Waals surface area contributed by atoms with Gasteiger partial charge in [-0.1, -0.05) is 12.1 Å². The number of benzene rings is 2. The maximum absolute atomic E-state index is 6.37. The van der Waals surface area contributed by atoms with Gasteiger partial charge in [0.15, 0.2) is 5.65 Å². The Morgan fingerprint density at radius 2 is 2.13 bits per heavy atom. The lowest BCUT2D eigenvalue weighted by atomic mass is 10.1. The van der Waals surface area contributed by atoms with Crippen LogP contribution in [0, 0.1) is 0 Å². The van der Waals surface area contributed by atoms with Crippen LogP contribution in [0.4, 0.5) is 11.4 Å². The predicted molar refractivity (Wildman–Crippen MR) is 115 cm³/mol. The lowest BCUT2D eigenvalue weighted by Gasteiger charge is -2.18. The molecule has 0 amide bonds. The number of hydrogen-bond acceptors (Lipinski definition) is 6. The van der Waals surface area contributed by atoms with Crippen LogP contribution in [-0.4, -0.2) is 31.1 Å². The van der Waals surface area contributed by atoms with Crippen molar-refractivity contribution in [2.24, 2.45) is 0 Å². The summed E-state index contributed by atoms with van der Waals surface area (Å²) in [5, 5.41) is 11.6. The SMILES string of the molecule is Nc1ccc2c(c1)NCCC(c1nc(-c3ccc4cn[nH]c4c3)cn3ccnc13)O2. The van der Waals surface area contributed by atoms with Crippen molar-refractivity contribution in [2.75, 3.05) is 17.6 Å². The van der Waals surface area contributed by atoms with E-state index in [1.54, 1.807) is 6.20 Å². The van der Waals surface area contributed by atoms with E-state index in [-0.39, 0.29) is 6.10 Å². The molecule has 8 nitrogen and oxygen atoms in total. The largest absolute Gasteiger partial charge is 0.482 e. The summed E-state index contributed by atoms with van der Waals surface area (Å²) in [4.78, 5) is 9.53. The van der Waals surface area contributed by atoms with Gasteiger partial charge in [-0.25, -0.2) is 9.97 Å². The van der Waals surface area contributed by atoms with E-state index < -0.39 is 0 Å². The summed E-state index contributed by atoms with van der Waals surface area (Å²) in [5.41, 5.74) is 12.0. The van der Waals surface area contributed by atoms with Gasteiger partial charge in [0.05, 0.1) is 23.1 Å². The molecular formula is C22H19N7O. The molecule has 148 valence electrons. The average molecular weight is 397 g/mol. The topological polar surface area (TPSA) is 106 Å². The summed E-state index contributed by atoms with van der Waals surface area (Å²) in [6.07, 6.45) is 8.05. The fourth-order valence-electron chi connectivity index (χ4n) is 3.94. The van der Waals surface area contributed by atoms with E-state index in [2.05, 4.69) is 32.6 Å². The number of rotatable bonds is 2. The van der Waals surface area contributed by atoms with Crippen molar-refractivity contribution in [3.05, 3.63) is 66.9 Å². The third-order valence-corrected chi connectivity index (χ3v) is 5.44. The zero-order chi connectivity index (χ0) is 20.1. The van der Waals surface area contributed by atoms with Gasteiger partial charge in [0, 0.05) is 48.2 Å². The van der Waals surface area contributed by atoms with E-state index in [1.807, 2.05) is 47.3 Å². The molecule has 0 fully saturated rings. The number of H-pyrrole nitrogens is 1. The maximum Gasteiger partial charge on any atom is 0.162 e. The number of imidazole rings is 1. The Hall–Kier alpha value is -4.07. The number of aromatic nitrogens is 5. The van der Waals surface area contributed by atoms with Crippen molar-refractivity contribution >= 4 is 27.9 Å². The molecule has 0 saturated carbocycles. The summed E-state index contributed by atoms with van der Waals surface area (Å²) >= 11 is 0. The number of anilines is 2. The van der Waals surface area contributed by atoms with Crippen molar-refractivity contribution in [1.82, 2.24) is 24.6 Å². The van der Waals surface area contributed by atoms with Gasteiger partial charge in [0.25, 0.3) is 0 Å². The van der Waals surface area contributed by atoms with E-state index in [0.29, 0.717) is 5.69 Å². The minimum Gasteiger partial charge on any atom is -0.482 e. The molecule has 30 heavy (non-hydrogen) atoms. The number of nitrogens with one attached hydrogen (secondary N) is 2. The fraction of sp³-hybridized carbons (Fsp3) is 0.136. The average Bonchev–Trinajstić information content (AvgIpc) is 3.37. The molecule has 4 N–H and O–H groups in total. The minimum atomic E-state index is -0.233. The highest BCUT2D eigenvalue weighted by atomic mass is 16.5. The molecule has 0 radical (unpaired) electrons. The lowest BCUT2D eigenvalue weighted by molar-refractivity contribution is 0.202. The number of nitrogens with two attached hydrogens (primary N) is 1. The number of nitrogens with zero attached hydrogens (tertiary/aromatic N) is 4. The number of hydrogen-bond donors (Lipinski definition) is 3. The lowest BCUT2D eigenvalue weighted by Crippen LogP contribution is -2.13. The molecule has 1 aliphatic heterocycles. The van der Waals surface area contributed by atoms with E-state index in [0.717, 1.165) is 57.9 Å². The smallest absolute Gasteiger partial charge is 0.162 e. The van der Waals surface area contributed by atoms with Crippen LogP contribution in [-0.2, 0) is 0 Å². The summed E-state index contributed by atoms with van der Waals surface area (Å²) in [7, 11) is 0. The third kappa shape index (κ3) is 2.73. The second kappa shape index (κ2) is 6.48. The first-order valence-corrected chi connectivity index (χ1v) is 9.82. The number of aromatic amines is 1. The third-order valence-electron chi connectivity index (χ3n) is 5.44. The molecule has 6 rings (SSSR count). The van der Waals surface area contributed by atoms with Gasteiger partial charge in [-0.2, -0.15) is 5.10 Å². The minimum absolute atomic E-state index is 0.233. The second-order valence-electron chi connectivity index (χ2n) is 7.42. The predicted octanol–water partition coefficient (Wildman–Crippen LogP) is 3.79. The van der Waals surface area contributed by atoms with Crippen molar-refractivity contribution in [3.8, 4) is 17.0 Å². The van der Waals surface area contributed by atoms with Crippen molar-refractivity contribution in [3.63, 3.8) is 0 Å². The monoisotopic (exact) mass is 397 g/mol. The molecule has 5 aromatic rings. The number of nitrogen functional groups attached to an aromatic ring is 1. The zero-order valence-corrected chi connectivity index (χ0v) is 16.0. The summed E-state index contributed by atoms with van der Waals surface area (Å²) in [5.74, 6) is 0.766. The van der Waals surface area contributed by atoms with Crippen LogP contribution in [0.25, 0.3) is 27.8 Å². The van der Waals surface area contributed by atoms with Crippen LogP contribution in [0.2, 0.25) is 0 Å². The van der Waals surface area contributed by atoms with Crippen molar-refractivity contribution in [2.45, 2.75) is 12.5 Å². The van der Waals surface area contributed by atoms with Gasteiger partial charge in [-0.05, 0) is 24.3 Å². The Bertz CT molecular complexity index is 1390. The van der Waals surface area contributed by atoms with Gasteiger partial charge in [0.1, 0.15) is 17.5 Å². The van der Waals surface area contributed by atoms with E-state index in [1.165, 1.54) is 0 Å². The molecule has 1 atom stereocenters. The van der Waals surface area contributed by atoms with Gasteiger partial charge in [-0.3, -0.25) is 5.10 Å². The molecule has 0 aliphatic carbocycles. The van der Waals surface area contributed by atoms with Crippen molar-refractivity contribution < 1.29 is 4.74 Å². The maximum atomic E-state index is 6.37. The normalized spacial score (nSPS) is 16.1. The molecule has 4 heterocycles. The number of ether oxygens (including phenoxy) is 1. The molecular weight excluding hydrogens is 378 g/mol. The van der Waals surface area contributed by atoms with Crippen LogP contribution < -0.4 is 15.8 Å². The Labute approximate surface area is 171 Å². The highest BCUT2D eigenvalue weighted by Gasteiger charge is 2.24. The van der Waals surface area contributed by atoms with Gasteiger partial charge < -0.3 is 20.2 Å². The first-order valence-electron chi connectivity index (χ1n) is 9.82. The Morgan fingerprint density at radius 1 is 1.17 bits per heavy atom. The number of fused-ring (bicyclic) bond motifs is 3. The van der Waals surface area contributed by atoms with E-state index in [4.69, 9.17) is 15.5 Å². The zero-order valence-electron chi connectivity index (χ0n) is 16.0. The van der Waals surface area contributed by atoms with Crippen LogP contribution in [0.15, 0.2) is 61.2 Å². The van der Waals surface area contributed by atoms with Gasteiger partial charge >= 0.3 is 0 Å². The Balaban J connectivity index is 1.47. The summed E-state index contributed by atoms with van der Waals surface area (Å²) in [6.45, 7) is 0.750. The molecule has 1 aliphatic rings. The van der Waals surface area contributed by atoms with E-state index >= 15 is 0 Å². The second-order valence-corrected chi connectivity index (χ2v) is 7.42. The standard InChI is InChI=1S/C22H19N7O/c23-15-3-4-19-17(10-15)24-6-5-20(30-19)21-22-25-7-8-29(22)12-18(27-21)13-1-2-14-11-26-28-16(14)9-13/h1-4,7-12,20,24H,5-6,23H2,(H,26,28). The summed E-state index contributed by atoms with van der Waals surface area (Å²) in [6, 6.07) is 11.8. The molecule has 0 spiro atoms. The van der Waals surface area contributed by atoms with Crippen LogP contribution >= 0.6 is 0 Å². The quantitative estimate of drug-likeness (QED) is 0.391. The molecule has 2 aromatic carbocycles. The van der Waals surface area contributed by atoms with Crippen LogP contribution in [0.3, 0.4) is 0 Å². The van der Waals surface area contributed by atoms with Gasteiger partial charge in [-0.15, -0.1) is 0 Å². The van der Waals surface area contributed by atoms with Crippen LogP contribution in [0.1, 0.15) is 18.2 Å². The molecule has 0 bridgehead atoms. The Kier molecular flexibility index (Phi) is 3.64. The summed E-state index contributed by atoms with van der Waals surface area (Å²) < 4.78 is 8.37. The van der Waals surface area contributed by atoms with Gasteiger partial charge in [0.2, 0.25) is 0 Å². The first-order chi connectivity index (χ1) is 14.7. The highest BCUT2D eigenvalue weighted by molar-refractivity contribution is 5.83. The molecule has 3 aromatic heterocycles. The first kappa shape index (κ1) is 16.8. The van der Waals surface area contributed by atoms with E-state index in [9.17, 15) is 0 Å². The molecule has 0 saturated heterocycles. The van der Waals surface area contributed by atoms with Crippen LogP contribution in [0.5, 0.6) is 5.75 Å².